The molecule has 4 aromatic carbocycles. The zero-order valence-electron chi connectivity index (χ0n) is 18.0. The van der Waals surface area contributed by atoms with Crippen LogP contribution in [0.25, 0.3) is 32.9 Å². The van der Waals surface area contributed by atoms with Gasteiger partial charge in [-0.2, -0.15) is 0 Å². The highest BCUT2D eigenvalue weighted by molar-refractivity contribution is 5.93. The van der Waals surface area contributed by atoms with Gasteiger partial charge in [-0.3, -0.25) is 4.79 Å². The van der Waals surface area contributed by atoms with Gasteiger partial charge in [-0.25, -0.2) is 0 Å². The Morgan fingerprint density at radius 3 is 2.64 bits per heavy atom. The molecule has 33 heavy (non-hydrogen) atoms. The first-order valence-corrected chi connectivity index (χ1v) is 10.8. The minimum atomic E-state index is -0.891. The Hall–Kier alpha value is -4.09. The number of furan rings is 1. The van der Waals surface area contributed by atoms with Gasteiger partial charge in [0.05, 0.1) is 12.7 Å². The van der Waals surface area contributed by atoms with Crippen LogP contribution in [-0.4, -0.2) is 11.1 Å². The number of hydrogen-bond acceptors (Lipinski definition) is 4. The second kappa shape index (κ2) is 8.81. The normalized spacial score (nSPS) is 11.2. The summed E-state index contributed by atoms with van der Waals surface area (Å²) in [7, 11) is 0. The van der Waals surface area contributed by atoms with Crippen molar-refractivity contribution in [2.75, 3.05) is 0 Å². The third kappa shape index (κ3) is 4.19. The van der Waals surface area contributed by atoms with Gasteiger partial charge in [0.2, 0.25) is 0 Å². The van der Waals surface area contributed by atoms with Crippen LogP contribution in [0.2, 0.25) is 0 Å². The number of nitrogens with two attached hydrogens (primary N) is 1. The molecule has 1 heterocycles. The maximum absolute atomic E-state index is 11.5. The molecule has 3 N–H and O–H groups in total. The number of carbonyl (C=O) groups is 1. The number of benzene rings is 4. The van der Waals surface area contributed by atoms with Crippen molar-refractivity contribution in [3.8, 4) is 16.9 Å². The lowest BCUT2D eigenvalue weighted by molar-refractivity contribution is -0.136. The van der Waals surface area contributed by atoms with Crippen molar-refractivity contribution in [3.05, 3.63) is 102 Å². The topological polar surface area (TPSA) is 85.7 Å². The lowest BCUT2D eigenvalue weighted by Gasteiger charge is -2.14. The molecule has 5 nitrogen and oxygen atoms in total. The molecule has 0 saturated carbocycles. The highest BCUT2D eigenvalue weighted by Crippen LogP contribution is 2.33. The summed E-state index contributed by atoms with van der Waals surface area (Å²) in [5.41, 5.74) is 11.3. The fraction of sp³-hybridized carbons (Fsp3) is 0.107. The fourth-order valence-electron chi connectivity index (χ4n) is 4.25. The van der Waals surface area contributed by atoms with Gasteiger partial charge < -0.3 is 20.0 Å². The molecule has 5 rings (SSSR count). The molecule has 0 radical (unpaired) electrons. The largest absolute Gasteiger partial charge is 0.489 e. The van der Waals surface area contributed by atoms with E-state index < -0.39 is 5.97 Å². The molecule has 0 spiro atoms. The average Bonchev–Trinajstić information content (AvgIpc) is 3.31. The van der Waals surface area contributed by atoms with E-state index in [2.05, 4.69) is 12.1 Å². The Labute approximate surface area is 191 Å². The number of carboxylic acid groups (broad SMARTS) is 1. The van der Waals surface area contributed by atoms with Crippen LogP contribution in [0.15, 0.2) is 89.5 Å². The number of hydrogen-bond donors (Lipinski definition) is 2. The summed E-state index contributed by atoms with van der Waals surface area (Å²) in [5, 5.41) is 12.3. The second-order valence-corrected chi connectivity index (χ2v) is 8.01. The standard InChI is InChI=1S/C28H23NO4/c29-16-18-4-3-6-21(12-18)24-14-19(13-22-10-11-32-28(22)24)17-33-26-9-8-20-5-1-2-7-23(20)25(26)15-27(30)31/h1-14H,15-17,29H2,(H,30,31). The molecule has 0 aliphatic heterocycles. The van der Waals surface area contributed by atoms with Crippen molar-refractivity contribution < 1.29 is 19.1 Å². The molecule has 164 valence electrons. The van der Waals surface area contributed by atoms with E-state index in [0.717, 1.165) is 44.0 Å². The average molecular weight is 437 g/mol. The summed E-state index contributed by atoms with van der Waals surface area (Å²) in [6.45, 7) is 0.766. The number of carboxylic acids is 1. The predicted octanol–water partition coefficient (Wildman–Crippen LogP) is 5.92. The van der Waals surface area contributed by atoms with Crippen molar-refractivity contribution >= 4 is 27.7 Å². The minimum Gasteiger partial charge on any atom is -0.489 e. The van der Waals surface area contributed by atoms with Crippen molar-refractivity contribution in [2.45, 2.75) is 19.6 Å². The van der Waals surface area contributed by atoms with Gasteiger partial charge in [-0.05, 0) is 57.8 Å². The summed E-state index contributed by atoms with van der Waals surface area (Å²) < 4.78 is 11.9. The lowest BCUT2D eigenvalue weighted by Crippen LogP contribution is -2.05. The van der Waals surface area contributed by atoms with E-state index in [9.17, 15) is 9.90 Å². The first kappa shape index (κ1) is 20.8. The van der Waals surface area contributed by atoms with E-state index in [1.807, 2.05) is 66.7 Å². The Morgan fingerprint density at radius 2 is 1.79 bits per heavy atom. The van der Waals surface area contributed by atoms with Crippen LogP contribution in [0.1, 0.15) is 16.7 Å². The molecule has 0 saturated heterocycles. The van der Waals surface area contributed by atoms with E-state index in [-0.39, 0.29) is 6.42 Å². The number of ether oxygens (including phenoxy) is 1. The molecule has 0 bridgehead atoms. The molecule has 0 atom stereocenters. The summed E-state index contributed by atoms with van der Waals surface area (Å²) in [5.74, 6) is -0.312. The van der Waals surface area contributed by atoms with Crippen LogP contribution in [0.5, 0.6) is 5.75 Å². The van der Waals surface area contributed by atoms with Crippen LogP contribution in [-0.2, 0) is 24.4 Å². The van der Waals surface area contributed by atoms with Gasteiger partial charge in [-0.15, -0.1) is 0 Å². The Balaban J connectivity index is 1.52. The van der Waals surface area contributed by atoms with Crippen LogP contribution in [0, 0.1) is 0 Å². The molecular weight excluding hydrogens is 414 g/mol. The van der Waals surface area contributed by atoms with Crippen LogP contribution in [0.4, 0.5) is 0 Å². The van der Waals surface area contributed by atoms with E-state index >= 15 is 0 Å². The summed E-state index contributed by atoms with van der Waals surface area (Å²) in [4.78, 5) is 11.5. The number of aliphatic carboxylic acids is 1. The van der Waals surface area contributed by atoms with Crippen molar-refractivity contribution in [1.29, 1.82) is 0 Å². The zero-order chi connectivity index (χ0) is 22.8. The third-order valence-electron chi connectivity index (χ3n) is 5.80. The molecule has 1 aromatic heterocycles. The van der Waals surface area contributed by atoms with Crippen molar-refractivity contribution in [1.82, 2.24) is 0 Å². The molecular formula is C28H23NO4. The molecule has 0 unspecified atom stereocenters. The third-order valence-corrected chi connectivity index (χ3v) is 5.80. The van der Waals surface area contributed by atoms with Crippen LogP contribution in [0.3, 0.4) is 0 Å². The molecule has 0 fully saturated rings. The Morgan fingerprint density at radius 1 is 0.909 bits per heavy atom. The highest BCUT2D eigenvalue weighted by Gasteiger charge is 2.14. The van der Waals surface area contributed by atoms with Crippen molar-refractivity contribution in [3.63, 3.8) is 0 Å². The van der Waals surface area contributed by atoms with E-state index in [1.54, 1.807) is 6.26 Å². The van der Waals surface area contributed by atoms with E-state index in [4.69, 9.17) is 14.9 Å². The number of fused-ring (bicyclic) bond motifs is 2. The van der Waals surface area contributed by atoms with Gasteiger partial charge >= 0.3 is 5.97 Å². The van der Waals surface area contributed by atoms with Crippen LogP contribution < -0.4 is 10.5 Å². The quantitative estimate of drug-likeness (QED) is 0.330. The van der Waals surface area contributed by atoms with Crippen LogP contribution >= 0.6 is 0 Å². The van der Waals surface area contributed by atoms with E-state index in [0.29, 0.717) is 24.5 Å². The molecule has 5 aromatic rings. The Kier molecular flexibility index (Phi) is 5.55. The zero-order valence-corrected chi connectivity index (χ0v) is 18.0. The Bertz CT molecular complexity index is 1470. The van der Waals surface area contributed by atoms with Gasteiger partial charge in [0.15, 0.2) is 0 Å². The predicted molar refractivity (Wildman–Crippen MR) is 129 cm³/mol. The first-order valence-electron chi connectivity index (χ1n) is 10.8. The molecule has 5 heteroatoms. The summed E-state index contributed by atoms with van der Waals surface area (Å²) >= 11 is 0. The van der Waals surface area contributed by atoms with Gasteiger partial charge in [0, 0.05) is 23.1 Å². The second-order valence-electron chi connectivity index (χ2n) is 8.01. The van der Waals surface area contributed by atoms with Crippen molar-refractivity contribution in [2.24, 2.45) is 5.73 Å². The first-order chi connectivity index (χ1) is 16.1. The molecule has 0 amide bonds. The number of rotatable bonds is 7. The molecule has 0 aliphatic carbocycles. The maximum atomic E-state index is 11.5. The minimum absolute atomic E-state index is 0.103. The monoisotopic (exact) mass is 437 g/mol. The molecule has 0 aliphatic rings. The maximum Gasteiger partial charge on any atom is 0.307 e. The van der Waals surface area contributed by atoms with Gasteiger partial charge in [-0.1, -0.05) is 48.5 Å². The lowest BCUT2D eigenvalue weighted by atomic mass is 9.99. The SMILES string of the molecule is NCc1cccc(-c2cc(COc3ccc4ccccc4c3CC(=O)O)cc3ccoc23)c1. The van der Waals surface area contributed by atoms with E-state index in [1.165, 1.54) is 0 Å². The van der Waals surface area contributed by atoms with Gasteiger partial charge in [0.1, 0.15) is 17.9 Å². The smallest absolute Gasteiger partial charge is 0.307 e. The highest BCUT2D eigenvalue weighted by atomic mass is 16.5. The van der Waals surface area contributed by atoms with Gasteiger partial charge in [0.25, 0.3) is 0 Å². The summed E-state index contributed by atoms with van der Waals surface area (Å²) in [6.07, 6.45) is 1.58. The summed E-state index contributed by atoms with van der Waals surface area (Å²) in [6, 6.07) is 25.7. The fourth-order valence-corrected chi connectivity index (χ4v) is 4.25.